The van der Waals surface area contributed by atoms with Gasteiger partial charge < -0.3 is 0 Å². The lowest BCUT2D eigenvalue weighted by Gasteiger charge is -2.17. The van der Waals surface area contributed by atoms with Gasteiger partial charge in [0.2, 0.25) is 10.0 Å². The summed E-state index contributed by atoms with van der Waals surface area (Å²) in [5.74, 6) is 0.00385. The van der Waals surface area contributed by atoms with Gasteiger partial charge in [0.15, 0.2) is 0 Å². The first kappa shape index (κ1) is 16.7. The van der Waals surface area contributed by atoms with Gasteiger partial charge in [0.25, 0.3) is 0 Å². The van der Waals surface area contributed by atoms with E-state index in [4.69, 9.17) is 0 Å². The van der Waals surface area contributed by atoms with Crippen molar-refractivity contribution in [2.45, 2.75) is 39.5 Å². The lowest BCUT2D eigenvalue weighted by molar-refractivity contribution is 0.565. The summed E-state index contributed by atoms with van der Waals surface area (Å²) in [5, 5.41) is 0. The van der Waals surface area contributed by atoms with Crippen LogP contribution in [0.4, 0.5) is 0 Å². The van der Waals surface area contributed by atoms with Crippen molar-refractivity contribution in [1.82, 2.24) is 4.72 Å². The van der Waals surface area contributed by atoms with Crippen LogP contribution in [0.3, 0.4) is 0 Å². The molecule has 0 aliphatic rings. The van der Waals surface area contributed by atoms with E-state index in [1.807, 2.05) is 70.2 Å². The van der Waals surface area contributed by atoms with E-state index < -0.39 is 10.0 Å². The van der Waals surface area contributed by atoms with E-state index in [0.29, 0.717) is 0 Å². The van der Waals surface area contributed by atoms with Crippen LogP contribution in [0.2, 0.25) is 0 Å². The zero-order chi connectivity index (χ0) is 16.3. The Morgan fingerprint density at radius 2 is 1.68 bits per heavy atom. The molecule has 0 saturated carbocycles. The maximum Gasteiger partial charge on any atom is 0.216 e. The van der Waals surface area contributed by atoms with Crippen molar-refractivity contribution < 1.29 is 8.42 Å². The van der Waals surface area contributed by atoms with Crippen LogP contribution >= 0.6 is 0 Å². The predicted molar refractivity (Wildman–Crippen MR) is 91.3 cm³/mol. The predicted octanol–water partition coefficient (Wildman–Crippen LogP) is 3.79. The average molecular weight is 317 g/mol. The van der Waals surface area contributed by atoms with Crippen molar-refractivity contribution in [1.29, 1.82) is 0 Å². The molecule has 2 rings (SSSR count). The van der Waals surface area contributed by atoms with Crippen LogP contribution in [0.5, 0.6) is 0 Å². The Kier molecular flexibility index (Phi) is 5.04. The summed E-state index contributed by atoms with van der Waals surface area (Å²) < 4.78 is 27.5. The first-order valence-corrected chi connectivity index (χ1v) is 9.05. The Labute approximate surface area is 133 Å². The molecule has 118 valence electrons. The van der Waals surface area contributed by atoms with Crippen LogP contribution < -0.4 is 4.72 Å². The highest BCUT2D eigenvalue weighted by Gasteiger charge is 2.18. The summed E-state index contributed by atoms with van der Waals surface area (Å²) in [6.45, 7) is 7.86. The Hall–Kier alpha value is -1.65. The van der Waals surface area contributed by atoms with Crippen molar-refractivity contribution in [3.63, 3.8) is 0 Å². The van der Waals surface area contributed by atoms with E-state index in [1.165, 1.54) is 0 Å². The van der Waals surface area contributed by atoms with Crippen LogP contribution in [0.1, 0.15) is 40.8 Å². The second kappa shape index (κ2) is 6.63. The molecular formula is C18H23NO2S. The van der Waals surface area contributed by atoms with Gasteiger partial charge in [-0.05, 0) is 44.4 Å². The fourth-order valence-corrected chi connectivity index (χ4v) is 3.99. The number of benzene rings is 2. The second-order valence-corrected chi connectivity index (χ2v) is 7.70. The van der Waals surface area contributed by atoms with Gasteiger partial charge in [-0.1, -0.05) is 53.6 Å². The van der Waals surface area contributed by atoms with Gasteiger partial charge >= 0.3 is 0 Å². The van der Waals surface area contributed by atoms with Gasteiger partial charge in [-0.3, -0.25) is 0 Å². The molecule has 0 radical (unpaired) electrons. The molecule has 22 heavy (non-hydrogen) atoms. The minimum Gasteiger partial charge on any atom is -0.212 e. The zero-order valence-electron chi connectivity index (χ0n) is 13.6. The lowest BCUT2D eigenvalue weighted by Crippen LogP contribution is -2.28. The van der Waals surface area contributed by atoms with Crippen molar-refractivity contribution in [2.24, 2.45) is 0 Å². The first-order chi connectivity index (χ1) is 10.3. The summed E-state index contributed by atoms with van der Waals surface area (Å²) in [7, 11) is -3.38. The van der Waals surface area contributed by atoms with E-state index in [2.05, 4.69) is 4.72 Å². The highest BCUT2D eigenvalue weighted by atomic mass is 32.2. The number of aryl methyl sites for hydroxylation is 3. The molecule has 2 aromatic carbocycles. The summed E-state index contributed by atoms with van der Waals surface area (Å²) in [6, 6.07) is 13.4. The SMILES string of the molecule is Cc1cccc(CS(=O)(=O)N[C@@H](C)c2cc(C)ccc2C)c1. The number of sulfonamides is 1. The van der Waals surface area contributed by atoms with Crippen LogP contribution in [0, 0.1) is 20.8 Å². The number of nitrogens with one attached hydrogen (secondary N) is 1. The molecule has 1 atom stereocenters. The van der Waals surface area contributed by atoms with Crippen LogP contribution in [0.25, 0.3) is 0 Å². The highest BCUT2D eigenvalue weighted by Crippen LogP contribution is 2.20. The molecule has 0 aromatic heterocycles. The van der Waals surface area contributed by atoms with Crippen LogP contribution in [-0.4, -0.2) is 8.42 Å². The molecule has 1 N–H and O–H groups in total. The van der Waals surface area contributed by atoms with E-state index in [0.717, 1.165) is 27.8 Å². The molecule has 0 unspecified atom stereocenters. The minimum atomic E-state index is -3.38. The molecule has 0 spiro atoms. The van der Waals surface area contributed by atoms with Crippen LogP contribution in [0.15, 0.2) is 42.5 Å². The van der Waals surface area contributed by atoms with Gasteiger partial charge in [0.05, 0.1) is 5.75 Å². The number of rotatable bonds is 5. The van der Waals surface area contributed by atoms with E-state index in [9.17, 15) is 8.42 Å². The third-order valence-electron chi connectivity index (χ3n) is 3.70. The zero-order valence-corrected chi connectivity index (χ0v) is 14.4. The van der Waals surface area contributed by atoms with Gasteiger partial charge in [-0.2, -0.15) is 0 Å². The van der Waals surface area contributed by atoms with E-state index >= 15 is 0 Å². The second-order valence-electron chi connectivity index (χ2n) is 5.95. The molecule has 0 saturated heterocycles. The smallest absolute Gasteiger partial charge is 0.212 e. The molecule has 4 heteroatoms. The number of hydrogen-bond donors (Lipinski definition) is 1. The molecule has 3 nitrogen and oxygen atoms in total. The molecule has 2 aromatic rings. The monoisotopic (exact) mass is 317 g/mol. The van der Waals surface area contributed by atoms with Gasteiger partial charge in [0.1, 0.15) is 0 Å². The fourth-order valence-electron chi connectivity index (χ4n) is 2.62. The molecule has 0 aliphatic heterocycles. The van der Waals surface area contributed by atoms with Crippen molar-refractivity contribution in [3.05, 3.63) is 70.3 Å². The standard InChI is InChI=1S/C18H23NO2S/c1-13-6-5-7-17(10-13)12-22(20,21)19-16(4)18-11-14(2)8-9-15(18)3/h5-11,16,19H,12H2,1-4H3/t16-/m0/s1. The Morgan fingerprint density at radius 3 is 2.36 bits per heavy atom. The normalized spacial score (nSPS) is 13.1. The largest absolute Gasteiger partial charge is 0.216 e. The third-order valence-corrected chi connectivity index (χ3v) is 5.12. The van der Waals surface area contributed by atoms with Crippen molar-refractivity contribution in [3.8, 4) is 0 Å². The van der Waals surface area contributed by atoms with E-state index in [1.54, 1.807) is 0 Å². The molecule has 0 heterocycles. The van der Waals surface area contributed by atoms with Gasteiger partial charge in [0, 0.05) is 6.04 Å². The summed E-state index contributed by atoms with van der Waals surface area (Å²) in [4.78, 5) is 0. The molecular weight excluding hydrogens is 294 g/mol. The fraction of sp³-hybridized carbons (Fsp3) is 0.333. The maximum absolute atomic E-state index is 12.4. The van der Waals surface area contributed by atoms with Crippen molar-refractivity contribution in [2.75, 3.05) is 0 Å². The minimum absolute atomic E-state index is 0.00385. The topological polar surface area (TPSA) is 46.2 Å². The van der Waals surface area contributed by atoms with Crippen LogP contribution in [-0.2, 0) is 15.8 Å². The molecule has 0 aliphatic carbocycles. The Balaban J connectivity index is 2.16. The third kappa shape index (κ3) is 4.42. The molecule has 0 amide bonds. The Morgan fingerprint density at radius 1 is 1.00 bits per heavy atom. The van der Waals surface area contributed by atoms with Crippen molar-refractivity contribution >= 4 is 10.0 Å². The highest BCUT2D eigenvalue weighted by molar-refractivity contribution is 7.88. The summed E-state index contributed by atoms with van der Waals surface area (Å²) >= 11 is 0. The average Bonchev–Trinajstić information content (AvgIpc) is 2.40. The first-order valence-electron chi connectivity index (χ1n) is 7.39. The van der Waals surface area contributed by atoms with E-state index in [-0.39, 0.29) is 11.8 Å². The van der Waals surface area contributed by atoms with Gasteiger partial charge in [-0.25, -0.2) is 13.1 Å². The molecule has 0 fully saturated rings. The Bertz CT molecular complexity index is 766. The maximum atomic E-state index is 12.4. The lowest BCUT2D eigenvalue weighted by atomic mass is 10.0. The summed E-state index contributed by atoms with van der Waals surface area (Å²) in [5.41, 5.74) is 5.12. The summed E-state index contributed by atoms with van der Waals surface area (Å²) in [6.07, 6.45) is 0. The molecule has 0 bridgehead atoms. The quantitative estimate of drug-likeness (QED) is 0.912. The van der Waals surface area contributed by atoms with Gasteiger partial charge in [-0.15, -0.1) is 0 Å². The number of hydrogen-bond acceptors (Lipinski definition) is 2.